The molecule has 3 aliphatic carbocycles. The number of rotatable bonds is 9. The Hall–Kier alpha value is -1.59. The van der Waals surface area contributed by atoms with Crippen molar-refractivity contribution in [2.75, 3.05) is 6.61 Å². The Balaban J connectivity index is 1.25. The van der Waals surface area contributed by atoms with Crippen LogP contribution in [-0.2, 0) is 6.18 Å². The van der Waals surface area contributed by atoms with E-state index in [-0.39, 0.29) is 18.9 Å². The summed E-state index contributed by atoms with van der Waals surface area (Å²) in [5, 5.41) is 0. The van der Waals surface area contributed by atoms with Crippen molar-refractivity contribution in [3.63, 3.8) is 0 Å². The summed E-state index contributed by atoms with van der Waals surface area (Å²) in [6, 6.07) is 2.23. The summed E-state index contributed by atoms with van der Waals surface area (Å²) in [6.07, 6.45) is 12.7. The molecule has 0 saturated heterocycles. The highest BCUT2D eigenvalue weighted by Crippen LogP contribution is 2.47. The third kappa shape index (κ3) is 7.13. The Morgan fingerprint density at radius 2 is 1.26 bits per heavy atom. The first-order chi connectivity index (χ1) is 18.2. The van der Waals surface area contributed by atoms with Crippen molar-refractivity contribution < 1.29 is 27.1 Å². The maximum atomic E-state index is 14.6. The zero-order chi connectivity index (χ0) is 27.3. The molecule has 0 radical (unpaired) electrons. The third-order valence-electron chi connectivity index (χ3n) is 10.1. The Bertz CT molecular complexity index is 903. The molecule has 0 heterocycles. The summed E-state index contributed by atoms with van der Waals surface area (Å²) < 4.78 is 60.6. The maximum Gasteiger partial charge on any atom is 0.420 e. The molecule has 0 aliphatic heterocycles. The topological polar surface area (TPSA) is 26.3 Å². The van der Waals surface area contributed by atoms with E-state index in [1.165, 1.54) is 64.2 Å². The van der Waals surface area contributed by atoms with Gasteiger partial charge in [0.25, 0.3) is 0 Å². The molecular weight excluding hydrogens is 492 g/mol. The molecule has 214 valence electrons. The van der Waals surface area contributed by atoms with Crippen LogP contribution in [0.25, 0.3) is 0 Å². The van der Waals surface area contributed by atoms with Gasteiger partial charge in [0.2, 0.25) is 0 Å². The van der Waals surface area contributed by atoms with Gasteiger partial charge in [-0.2, -0.15) is 13.2 Å². The van der Waals surface area contributed by atoms with E-state index in [1.807, 2.05) is 0 Å². The van der Waals surface area contributed by atoms with Gasteiger partial charge in [-0.15, -0.1) is 0 Å². The first kappa shape index (κ1) is 29.4. The minimum atomic E-state index is -4.95. The maximum absolute atomic E-state index is 14.6. The number of alkyl halides is 3. The summed E-state index contributed by atoms with van der Waals surface area (Å²) in [4.78, 5) is 12.9. The van der Waals surface area contributed by atoms with E-state index in [1.54, 1.807) is 6.92 Å². The number of carbonyl (C=O) groups excluding carboxylic acids is 1. The molecule has 0 amide bonds. The highest BCUT2D eigenvalue weighted by molar-refractivity contribution is 5.98. The molecule has 0 unspecified atom stereocenters. The first-order valence-electron chi connectivity index (χ1n) is 15.3. The molecule has 3 saturated carbocycles. The van der Waals surface area contributed by atoms with Gasteiger partial charge in [-0.25, -0.2) is 4.39 Å². The van der Waals surface area contributed by atoms with Crippen molar-refractivity contribution in [2.24, 2.45) is 35.5 Å². The molecule has 4 rings (SSSR count). The Kier molecular flexibility index (Phi) is 10.2. The number of ether oxygens (including phenoxy) is 1. The van der Waals surface area contributed by atoms with Crippen LogP contribution in [0.3, 0.4) is 0 Å². The van der Waals surface area contributed by atoms with Gasteiger partial charge >= 0.3 is 6.18 Å². The quantitative estimate of drug-likeness (QED) is 0.231. The molecule has 6 heteroatoms. The second kappa shape index (κ2) is 13.2. The van der Waals surface area contributed by atoms with Crippen LogP contribution in [0.1, 0.15) is 126 Å². The number of halogens is 4. The average Bonchev–Trinajstić information content (AvgIpc) is 2.90. The lowest BCUT2D eigenvalue weighted by Crippen LogP contribution is -2.30. The van der Waals surface area contributed by atoms with E-state index in [9.17, 15) is 22.4 Å². The largest absolute Gasteiger partial charge is 0.491 e. The van der Waals surface area contributed by atoms with Gasteiger partial charge in [0.15, 0.2) is 17.3 Å². The van der Waals surface area contributed by atoms with Gasteiger partial charge in [-0.05, 0) is 119 Å². The molecule has 3 fully saturated rings. The standard InChI is InChI=1S/C32H46F4O2/c1-3-5-21-6-10-23(11-7-21)25-14-16-26(17-15-25)24-12-8-22(9-13-24)20-28(37)27-18-19-29(38-4-2)31(33)30(27)32(34,35)36/h18-19,21-26H,3-17,20H2,1-2H3. The van der Waals surface area contributed by atoms with E-state index in [0.29, 0.717) is 5.92 Å². The van der Waals surface area contributed by atoms with Crippen LogP contribution < -0.4 is 4.74 Å². The van der Waals surface area contributed by atoms with Gasteiger partial charge in [-0.1, -0.05) is 32.6 Å². The lowest BCUT2D eigenvalue weighted by atomic mass is 9.64. The molecule has 0 atom stereocenters. The zero-order valence-corrected chi connectivity index (χ0v) is 23.3. The van der Waals surface area contributed by atoms with Crippen LogP contribution in [0, 0.1) is 41.3 Å². The summed E-state index contributed by atoms with van der Waals surface area (Å²) in [5.41, 5.74) is -2.06. The Morgan fingerprint density at radius 1 is 0.789 bits per heavy atom. The van der Waals surface area contributed by atoms with Crippen molar-refractivity contribution in [2.45, 2.75) is 116 Å². The molecule has 2 nitrogen and oxygen atoms in total. The molecule has 0 spiro atoms. The fourth-order valence-corrected chi connectivity index (χ4v) is 8.01. The fraction of sp³-hybridized carbons (Fsp3) is 0.781. The summed E-state index contributed by atoms with van der Waals surface area (Å²) in [7, 11) is 0. The lowest BCUT2D eigenvalue weighted by Gasteiger charge is -2.41. The minimum absolute atomic E-state index is 0.0481. The van der Waals surface area contributed by atoms with E-state index in [2.05, 4.69) is 6.92 Å². The lowest BCUT2D eigenvalue weighted by molar-refractivity contribution is -0.140. The van der Waals surface area contributed by atoms with Crippen LogP contribution in [0.2, 0.25) is 0 Å². The van der Waals surface area contributed by atoms with E-state index < -0.39 is 34.7 Å². The van der Waals surface area contributed by atoms with Crippen molar-refractivity contribution in [3.05, 3.63) is 29.1 Å². The second-order valence-corrected chi connectivity index (χ2v) is 12.4. The highest BCUT2D eigenvalue weighted by atomic mass is 19.4. The van der Waals surface area contributed by atoms with Crippen molar-refractivity contribution >= 4 is 5.78 Å². The number of benzene rings is 1. The van der Waals surface area contributed by atoms with E-state index >= 15 is 0 Å². The summed E-state index contributed by atoms with van der Waals surface area (Å²) >= 11 is 0. The Morgan fingerprint density at radius 3 is 1.71 bits per heavy atom. The number of hydrogen-bond donors (Lipinski definition) is 0. The first-order valence-corrected chi connectivity index (χ1v) is 15.3. The third-order valence-corrected chi connectivity index (χ3v) is 10.1. The monoisotopic (exact) mass is 538 g/mol. The van der Waals surface area contributed by atoms with Crippen LogP contribution in [0.4, 0.5) is 17.6 Å². The van der Waals surface area contributed by atoms with Crippen molar-refractivity contribution in [1.82, 2.24) is 0 Å². The summed E-state index contributed by atoms with van der Waals surface area (Å²) in [5.74, 6) is 1.74. The smallest absolute Gasteiger partial charge is 0.420 e. The fourth-order valence-electron chi connectivity index (χ4n) is 8.01. The SMILES string of the molecule is CCCC1CCC(C2CCC(C3CCC(CC(=O)c4ccc(OCC)c(F)c4C(F)(F)F)CC3)CC2)CC1. The second-order valence-electron chi connectivity index (χ2n) is 12.4. The molecule has 0 N–H and O–H groups in total. The normalized spacial score (nSPS) is 30.7. The molecule has 0 bridgehead atoms. The van der Waals surface area contributed by atoms with Crippen LogP contribution in [0.5, 0.6) is 5.75 Å². The Labute approximate surface area is 226 Å². The highest BCUT2D eigenvalue weighted by Gasteiger charge is 2.41. The predicted molar refractivity (Wildman–Crippen MR) is 143 cm³/mol. The molecule has 3 aliphatic rings. The van der Waals surface area contributed by atoms with Crippen LogP contribution in [0.15, 0.2) is 12.1 Å². The van der Waals surface area contributed by atoms with Gasteiger partial charge in [-0.3, -0.25) is 4.79 Å². The molecule has 38 heavy (non-hydrogen) atoms. The predicted octanol–water partition coefficient (Wildman–Crippen LogP) is 10.0. The zero-order valence-electron chi connectivity index (χ0n) is 23.3. The molecule has 1 aromatic rings. The number of Topliss-reactive ketones (excluding diaryl/α,β-unsaturated/α-hetero) is 1. The van der Waals surface area contributed by atoms with Gasteiger partial charge in [0, 0.05) is 12.0 Å². The summed E-state index contributed by atoms with van der Waals surface area (Å²) in [6.45, 7) is 3.92. The molecule has 1 aromatic carbocycles. The number of hydrogen-bond acceptors (Lipinski definition) is 2. The molecule has 0 aromatic heterocycles. The van der Waals surface area contributed by atoms with Gasteiger partial charge in [0.1, 0.15) is 5.56 Å². The van der Waals surface area contributed by atoms with Gasteiger partial charge < -0.3 is 4.74 Å². The van der Waals surface area contributed by atoms with Crippen LogP contribution in [-0.4, -0.2) is 12.4 Å². The van der Waals surface area contributed by atoms with E-state index in [4.69, 9.17) is 4.74 Å². The molecular formula is C32H46F4O2. The van der Waals surface area contributed by atoms with Crippen molar-refractivity contribution in [1.29, 1.82) is 0 Å². The minimum Gasteiger partial charge on any atom is -0.491 e. The average molecular weight is 539 g/mol. The number of ketones is 1. The van der Waals surface area contributed by atoms with Gasteiger partial charge in [0.05, 0.1) is 6.61 Å². The van der Waals surface area contributed by atoms with Crippen LogP contribution >= 0.6 is 0 Å². The number of carbonyl (C=O) groups is 1. The van der Waals surface area contributed by atoms with Crippen molar-refractivity contribution in [3.8, 4) is 5.75 Å². The van der Waals surface area contributed by atoms with E-state index in [0.717, 1.165) is 61.5 Å².